The topological polar surface area (TPSA) is 50.7 Å². The molecule has 1 aromatic carbocycles. The summed E-state index contributed by atoms with van der Waals surface area (Å²) < 4.78 is 11.7. The lowest BCUT2D eigenvalue weighted by atomic mass is 9.69. The summed E-state index contributed by atoms with van der Waals surface area (Å²) in [4.78, 5) is 0. The first kappa shape index (κ1) is 12.2. The Labute approximate surface area is 118 Å². The van der Waals surface area contributed by atoms with Crippen LogP contribution in [0.15, 0.2) is 24.3 Å². The number of hydrogen-bond acceptors (Lipinski definition) is 4. The Balaban J connectivity index is 1.96. The minimum Gasteiger partial charge on any atom is -0.493 e. The quantitative estimate of drug-likeness (QED) is 0.762. The van der Waals surface area contributed by atoms with Crippen molar-refractivity contribution in [1.82, 2.24) is 5.32 Å². The lowest BCUT2D eigenvalue weighted by Gasteiger charge is -2.35. The average Bonchev–Trinajstić information content (AvgIpc) is 2.66. The van der Waals surface area contributed by atoms with Crippen LogP contribution in [-0.4, -0.2) is 31.0 Å². The summed E-state index contributed by atoms with van der Waals surface area (Å²) in [5.74, 6) is 1.67. The summed E-state index contributed by atoms with van der Waals surface area (Å²) in [6, 6.07) is 4.11. The molecule has 2 heterocycles. The van der Waals surface area contributed by atoms with Crippen LogP contribution in [0, 0.1) is 0 Å². The molecule has 1 spiro atoms. The van der Waals surface area contributed by atoms with Crippen LogP contribution in [0.2, 0.25) is 0 Å². The van der Waals surface area contributed by atoms with Crippen LogP contribution >= 0.6 is 0 Å². The summed E-state index contributed by atoms with van der Waals surface area (Å²) in [7, 11) is 1.68. The molecular formula is C16H19NO3. The summed E-state index contributed by atoms with van der Waals surface area (Å²) in [5.41, 5.74) is 2.43. The maximum absolute atomic E-state index is 9.92. The Morgan fingerprint density at radius 2 is 2.35 bits per heavy atom. The molecule has 1 unspecified atom stereocenters. The third kappa shape index (κ3) is 1.49. The van der Waals surface area contributed by atoms with Crippen molar-refractivity contribution in [1.29, 1.82) is 0 Å². The molecule has 0 fully saturated rings. The Morgan fingerprint density at radius 1 is 1.45 bits per heavy atom. The van der Waals surface area contributed by atoms with E-state index in [9.17, 15) is 5.11 Å². The van der Waals surface area contributed by atoms with Gasteiger partial charge < -0.3 is 19.9 Å². The second kappa shape index (κ2) is 4.24. The third-order valence-electron chi connectivity index (χ3n) is 4.83. The first-order chi connectivity index (χ1) is 9.74. The summed E-state index contributed by atoms with van der Waals surface area (Å²) in [6.07, 6.45) is 5.32. The van der Waals surface area contributed by atoms with Crippen LogP contribution in [0.4, 0.5) is 0 Å². The predicted molar refractivity (Wildman–Crippen MR) is 75.2 cm³/mol. The van der Waals surface area contributed by atoms with Gasteiger partial charge in [0.05, 0.1) is 18.6 Å². The molecule has 3 aliphatic rings. The molecule has 1 aliphatic carbocycles. The standard InChI is InChI=1S/C16H19NO3/c1-19-12-3-2-10-9-17-7-6-16-5-4-11(18)8-13(16)20-15(12)14(10)16/h2-5,11,13,17-18H,6-9H2,1H3/t11?,13-,16+/m0/s1. The largest absolute Gasteiger partial charge is 0.493 e. The molecule has 0 aromatic heterocycles. The maximum atomic E-state index is 9.92. The number of aliphatic hydroxyl groups is 1. The summed E-state index contributed by atoms with van der Waals surface area (Å²) in [5, 5.41) is 13.4. The zero-order valence-corrected chi connectivity index (χ0v) is 11.6. The number of aliphatic hydroxyl groups excluding tert-OH is 1. The molecule has 0 saturated carbocycles. The number of methoxy groups -OCH3 is 1. The Morgan fingerprint density at radius 3 is 3.20 bits per heavy atom. The van der Waals surface area contributed by atoms with Crippen molar-refractivity contribution in [2.24, 2.45) is 0 Å². The number of ether oxygens (including phenoxy) is 2. The van der Waals surface area contributed by atoms with E-state index in [0.29, 0.717) is 6.42 Å². The van der Waals surface area contributed by atoms with E-state index in [1.165, 1.54) is 11.1 Å². The lowest BCUT2D eigenvalue weighted by molar-refractivity contribution is 0.0851. The first-order valence-electron chi connectivity index (χ1n) is 7.20. The fraction of sp³-hybridized carbons (Fsp3) is 0.500. The van der Waals surface area contributed by atoms with Gasteiger partial charge in [-0.25, -0.2) is 0 Å². The van der Waals surface area contributed by atoms with Crippen LogP contribution in [0.25, 0.3) is 0 Å². The molecule has 2 aliphatic heterocycles. The van der Waals surface area contributed by atoms with Crippen molar-refractivity contribution in [3.05, 3.63) is 35.4 Å². The van der Waals surface area contributed by atoms with E-state index in [0.717, 1.165) is 31.0 Å². The molecule has 0 radical (unpaired) electrons. The second-order valence-electron chi connectivity index (χ2n) is 5.87. The summed E-state index contributed by atoms with van der Waals surface area (Å²) in [6.45, 7) is 1.82. The number of hydrogen-bond donors (Lipinski definition) is 2. The van der Waals surface area contributed by atoms with Gasteiger partial charge in [0, 0.05) is 18.5 Å². The van der Waals surface area contributed by atoms with Gasteiger partial charge in [-0.15, -0.1) is 0 Å². The minimum absolute atomic E-state index is 0.00690. The molecule has 3 atom stereocenters. The zero-order chi connectivity index (χ0) is 13.7. The van der Waals surface area contributed by atoms with Gasteiger partial charge in [-0.1, -0.05) is 18.2 Å². The number of benzene rings is 1. The van der Waals surface area contributed by atoms with Gasteiger partial charge in [0.2, 0.25) is 0 Å². The first-order valence-corrected chi connectivity index (χ1v) is 7.20. The normalized spacial score (nSPS) is 33.9. The van der Waals surface area contributed by atoms with Gasteiger partial charge in [-0.05, 0) is 24.6 Å². The van der Waals surface area contributed by atoms with Crippen molar-refractivity contribution in [3.63, 3.8) is 0 Å². The third-order valence-corrected chi connectivity index (χ3v) is 4.83. The van der Waals surface area contributed by atoms with E-state index in [-0.39, 0.29) is 11.5 Å². The van der Waals surface area contributed by atoms with Gasteiger partial charge in [0.15, 0.2) is 11.5 Å². The zero-order valence-electron chi connectivity index (χ0n) is 11.6. The van der Waals surface area contributed by atoms with E-state index < -0.39 is 6.10 Å². The number of nitrogens with one attached hydrogen (secondary N) is 1. The van der Waals surface area contributed by atoms with E-state index >= 15 is 0 Å². The van der Waals surface area contributed by atoms with Crippen molar-refractivity contribution < 1.29 is 14.6 Å². The van der Waals surface area contributed by atoms with Crippen molar-refractivity contribution >= 4 is 0 Å². The SMILES string of the molecule is COc1ccc2c3c1O[C@H]1CC(O)C=C[C@]31CCNC2. The predicted octanol–water partition coefficient (Wildman–Crippen LogP) is 1.51. The van der Waals surface area contributed by atoms with E-state index in [1.54, 1.807) is 7.11 Å². The molecule has 20 heavy (non-hydrogen) atoms. The van der Waals surface area contributed by atoms with Gasteiger partial charge in [0.1, 0.15) is 6.10 Å². The monoisotopic (exact) mass is 273 g/mol. The minimum atomic E-state index is -0.411. The molecular weight excluding hydrogens is 254 g/mol. The highest BCUT2D eigenvalue weighted by molar-refractivity contribution is 5.60. The lowest BCUT2D eigenvalue weighted by Crippen LogP contribution is -2.42. The molecule has 0 bridgehead atoms. The van der Waals surface area contributed by atoms with E-state index in [1.807, 2.05) is 12.1 Å². The molecule has 2 N–H and O–H groups in total. The van der Waals surface area contributed by atoms with Crippen LogP contribution < -0.4 is 14.8 Å². The second-order valence-corrected chi connectivity index (χ2v) is 5.87. The highest BCUT2D eigenvalue weighted by Crippen LogP contribution is 2.55. The molecule has 4 nitrogen and oxygen atoms in total. The maximum Gasteiger partial charge on any atom is 0.166 e. The fourth-order valence-electron chi connectivity index (χ4n) is 3.87. The fourth-order valence-corrected chi connectivity index (χ4v) is 3.87. The van der Waals surface area contributed by atoms with E-state index in [2.05, 4.69) is 17.5 Å². The van der Waals surface area contributed by atoms with Gasteiger partial charge in [0.25, 0.3) is 0 Å². The highest BCUT2D eigenvalue weighted by atomic mass is 16.5. The van der Waals surface area contributed by atoms with Gasteiger partial charge in [-0.3, -0.25) is 0 Å². The average molecular weight is 273 g/mol. The Bertz CT molecular complexity index is 583. The molecule has 4 rings (SSSR count). The Kier molecular flexibility index (Phi) is 2.59. The van der Waals surface area contributed by atoms with Crippen LogP contribution in [0.5, 0.6) is 11.5 Å². The molecule has 4 heteroatoms. The number of rotatable bonds is 1. The highest BCUT2D eigenvalue weighted by Gasteiger charge is 2.52. The van der Waals surface area contributed by atoms with Crippen molar-refractivity contribution in [2.75, 3.05) is 13.7 Å². The van der Waals surface area contributed by atoms with Crippen LogP contribution in [-0.2, 0) is 12.0 Å². The molecule has 0 amide bonds. The van der Waals surface area contributed by atoms with Crippen LogP contribution in [0.1, 0.15) is 24.0 Å². The van der Waals surface area contributed by atoms with Gasteiger partial charge in [-0.2, -0.15) is 0 Å². The smallest absolute Gasteiger partial charge is 0.166 e. The Hall–Kier alpha value is -1.52. The van der Waals surface area contributed by atoms with Crippen molar-refractivity contribution in [3.8, 4) is 11.5 Å². The molecule has 1 aromatic rings. The van der Waals surface area contributed by atoms with Gasteiger partial charge >= 0.3 is 0 Å². The van der Waals surface area contributed by atoms with Crippen LogP contribution in [0.3, 0.4) is 0 Å². The van der Waals surface area contributed by atoms with Crippen molar-refractivity contribution in [2.45, 2.75) is 37.0 Å². The summed E-state index contributed by atoms with van der Waals surface area (Å²) >= 11 is 0. The molecule has 106 valence electrons. The van der Waals surface area contributed by atoms with E-state index in [4.69, 9.17) is 9.47 Å². The molecule has 0 saturated heterocycles.